The zero-order valence-electron chi connectivity index (χ0n) is 10.5. The van der Waals surface area contributed by atoms with E-state index in [0.29, 0.717) is 12.2 Å². The van der Waals surface area contributed by atoms with Gasteiger partial charge in [-0.05, 0) is 46.1 Å². The number of carbonyl (C=O) groups excluding carboxylic acids is 1. The van der Waals surface area contributed by atoms with Crippen LogP contribution in [-0.2, 0) is 13.5 Å². The largest absolute Gasteiger partial charge is 0.350 e. The second kappa shape index (κ2) is 6.26. The van der Waals surface area contributed by atoms with E-state index in [1.807, 2.05) is 37.5 Å². The Kier molecular flexibility index (Phi) is 4.66. The molecule has 0 aliphatic rings. The van der Waals surface area contributed by atoms with Crippen LogP contribution in [0.5, 0.6) is 0 Å². The third-order valence-corrected chi connectivity index (χ3v) is 3.46. The number of nitrogens with one attached hydrogen (secondary N) is 1. The van der Waals surface area contributed by atoms with Crippen LogP contribution in [0.25, 0.3) is 0 Å². The molecule has 0 bridgehead atoms. The molecule has 5 heteroatoms. The van der Waals surface area contributed by atoms with Crippen LogP contribution >= 0.6 is 27.5 Å². The minimum atomic E-state index is -0.0739. The molecule has 0 aliphatic heterocycles. The third kappa shape index (κ3) is 3.85. The first-order valence-corrected chi connectivity index (χ1v) is 7.08. The fourth-order valence-corrected chi connectivity index (χ4v) is 2.59. The standard InChI is InChI=1S/C14H14BrClN2O/c1-18-9-11(15)8-13(18)14(19)17-6-5-10-3-2-4-12(16)7-10/h2-4,7-9H,5-6H2,1H3,(H,17,19). The van der Waals surface area contributed by atoms with Crippen molar-refractivity contribution in [2.75, 3.05) is 6.54 Å². The van der Waals surface area contributed by atoms with E-state index in [1.165, 1.54) is 0 Å². The molecule has 1 aromatic carbocycles. The van der Waals surface area contributed by atoms with Gasteiger partial charge in [-0.1, -0.05) is 23.7 Å². The monoisotopic (exact) mass is 340 g/mol. The molecular weight excluding hydrogens is 328 g/mol. The molecule has 0 radical (unpaired) electrons. The summed E-state index contributed by atoms with van der Waals surface area (Å²) in [6.07, 6.45) is 2.61. The van der Waals surface area contributed by atoms with Crippen molar-refractivity contribution in [1.82, 2.24) is 9.88 Å². The van der Waals surface area contributed by atoms with Gasteiger partial charge in [-0.25, -0.2) is 0 Å². The summed E-state index contributed by atoms with van der Waals surface area (Å²) in [5, 5.41) is 3.62. The Balaban J connectivity index is 1.89. The zero-order valence-corrected chi connectivity index (χ0v) is 12.8. The lowest BCUT2D eigenvalue weighted by Crippen LogP contribution is -2.27. The summed E-state index contributed by atoms with van der Waals surface area (Å²) >= 11 is 9.26. The number of hydrogen-bond acceptors (Lipinski definition) is 1. The van der Waals surface area contributed by atoms with E-state index in [4.69, 9.17) is 11.6 Å². The van der Waals surface area contributed by atoms with Crippen molar-refractivity contribution in [2.24, 2.45) is 7.05 Å². The highest BCUT2D eigenvalue weighted by atomic mass is 79.9. The molecule has 0 spiro atoms. The number of aryl methyl sites for hydroxylation is 1. The van der Waals surface area contributed by atoms with Crippen LogP contribution in [0.4, 0.5) is 0 Å². The van der Waals surface area contributed by atoms with Crippen LogP contribution in [0.1, 0.15) is 16.1 Å². The smallest absolute Gasteiger partial charge is 0.267 e. The highest BCUT2D eigenvalue weighted by Crippen LogP contribution is 2.14. The van der Waals surface area contributed by atoms with Gasteiger partial charge in [0.25, 0.3) is 5.91 Å². The van der Waals surface area contributed by atoms with Gasteiger partial charge < -0.3 is 9.88 Å². The number of benzene rings is 1. The van der Waals surface area contributed by atoms with Crippen molar-refractivity contribution in [1.29, 1.82) is 0 Å². The maximum atomic E-state index is 12.0. The molecule has 1 heterocycles. The fraction of sp³-hybridized carbons (Fsp3) is 0.214. The molecule has 1 N–H and O–H groups in total. The predicted molar refractivity (Wildman–Crippen MR) is 80.6 cm³/mol. The molecule has 0 aliphatic carbocycles. The fourth-order valence-electron chi connectivity index (χ4n) is 1.85. The van der Waals surface area contributed by atoms with E-state index in [1.54, 1.807) is 10.6 Å². The lowest BCUT2D eigenvalue weighted by Gasteiger charge is -2.06. The van der Waals surface area contributed by atoms with Gasteiger partial charge in [-0.2, -0.15) is 0 Å². The van der Waals surface area contributed by atoms with Crippen LogP contribution in [0.3, 0.4) is 0 Å². The second-order valence-electron chi connectivity index (χ2n) is 4.29. The van der Waals surface area contributed by atoms with Gasteiger partial charge in [0, 0.05) is 29.3 Å². The van der Waals surface area contributed by atoms with E-state index in [-0.39, 0.29) is 5.91 Å². The van der Waals surface area contributed by atoms with E-state index >= 15 is 0 Å². The topological polar surface area (TPSA) is 34.0 Å². The summed E-state index contributed by atoms with van der Waals surface area (Å²) in [4.78, 5) is 12.0. The second-order valence-corrected chi connectivity index (χ2v) is 5.64. The summed E-state index contributed by atoms with van der Waals surface area (Å²) < 4.78 is 2.69. The lowest BCUT2D eigenvalue weighted by atomic mass is 10.1. The quantitative estimate of drug-likeness (QED) is 0.908. The zero-order chi connectivity index (χ0) is 13.8. The van der Waals surface area contributed by atoms with Crippen molar-refractivity contribution in [3.8, 4) is 0 Å². The Labute approximate surface area is 125 Å². The first-order valence-electron chi connectivity index (χ1n) is 5.91. The summed E-state index contributed by atoms with van der Waals surface area (Å²) in [6, 6.07) is 9.46. The highest BCUT2D eigenvalue weighted by Gasteiger charge is 2.10. The number of rotatable bonds is 4. The van der Waals surface area contributed by atoms with Crippen molar-refractivity contribution >= 4 is 33.4 Å². The summed E-state index contributed by atoms with van der Waals surface area (Å²) in [6.45, 7) is 0.585. The maximum Gasteiger partial charge on any atom is 0.267 e. The van der Waals surface area contributed by atoms with Gasteiger partial charge in [0.15, 0.2) is 0 Å². The average Bonchev–Trinajstić information content (AvgIpc) is 2.68. The molecule has 19 heavy (non-hydrogen) atoms. The molecule has 0 fully saturated rings. The first kappa shape index (κ1) is 14.2. The maximum absolute atomic E-state index is 12.0. The average molecular weight is 342 g/mol. The number of aromatic nitrogens is 1. The van der Waals surface area contributed by atoms with Crippen LogP contribution in [0.15, 0.2) is 41.0 Å². The van der Waals surface area contributed by atoms with E-state index in [9.17, 15) is 4.79 Å². The molecule has 2 rings (SSSR count). The van der Waals surface area contributed by atoms with Crippen molar-refractivity contribution in [2.45, 2.75) is 6.42 Å². The Morgan fingerprint density at radius 1 is 1.42 bits per heavy atom. The van der Waals surface area contributed by atoms with Gasteiger partial charge in [0.1, 0.15) is 5.69 Å². The minimum Gasteiger partial charge on any atom is -0.350 e. The Morgan fingerprint density at radius 3 is 2.84 bits per heavy atom. The van der Waals surface area contributed by atoms with E-state index in [2.05, 4.69) is 21.2 Å². The van der Waals surface area contributed by atoms with Gasteiger partial charge in [0.2, 0.25) is 0 Å². The molecule has 3 nitrogen and oxygen atoms in total. The van der Waals surface area contributed by atoms with Crippen molar-refractivity contribution < 1.29 is 4.79 Å². The van der Waals surface area contributed by atoms with E-state index in [0.717, 1.165) is 21.5 Å². The van der Waals surface area contributed by atoms with Crippen LogP contribution in [0.2, 0.25) is 5.02 Å². The molecule has 100 valence electrons. The van der Waals surface area contributed by atoms with Gasteiger partial charge in [0.05, 0.1) is 0 Å². The van der Waals surface area contributed by atoms with Gasteiger partial charge >= 0.3 is 0 Å². The molecule has 0 saturated carbocycles. The molecule has 0 unspecified atom stereocenters. The number of halogens is 2. The van der Waals surface area contributed by atoms with E-state index < -0.39 is 0 Å². The molecule has 0 atom stereocenters. The van der Waals surface area contributed by atoms with Gasteiger partial charge in [-0.15, -0.1) is 0 Å². The van der Waals surface area contributed by atoms with Gasteiger partial charge in [-0.3, -0.25) is 4.79 Å². The predicted octanol–water partition coefficient (Wildman–Crippen LogP) is 3.41. The number of hydrogen-bond donors (Lipinski definition) is 1. The Morgan fingerprint density at radius 2 is 2.21 bits per heavy atom. The van der Waals surface area contributed by atoms with Crippen LogP contribution < -0.4 is 5.32 Å². The summed E-state index contributed by atoms with van der Waals surface area (Å²) in [5.74, 6) is -0.0739. The number of carbonyl (C=O) groups is 1. The Bertz CT molecular complexity index is 595. The minimum absolute atomic E-state index is 0.0739. The SMILES string of the molecule is Cn1cc(Br)cc1C(=O)NCCc1cccc(Cl)c1. The molecule has 2 aromatic rings. The molecule has 0 saturated heterocycles. The third-order valence-electron chi connectivity index (χ3n) is 2.79. The number of nitrogens with zero attached hydrogens (tertiary/aromatic N) is 1. The summed E-state index contributed by atoms with van der Waals surface area (Å²) in [5.41, 5.74) is 1.75. The van der Waals surface area contributed by atoms with Crippen molar-refractivity contribution in [3.05, 3.63) is 57.3 Å². The molecular formula is C14H14BrClN2O. The molecule has 1 amide bonds. The summed E-state index contributed by atoms with van der Waals surface area (Å²) in [7, 11) is 1.84. The lowest BCUT2D eigenvalue weighted by molar-refractivity contribution is 0.0946. The highest BCUT2D eigenvalue weighted by molar-refractivity contribution is 9.10. The van der Waals surface area contributed by atoms with Crippen LogP contribution in [0, 0.1) is 0 Å². The Hall–Kier alpha value is -1.26. The molecule has 1 aromatic heterocycles. The first-order chi connectivity index (χ1) is 9.06. The normalized spacial score (nSPS) is 10.5. The van der Waals surface area contributed by atoms with Crippen molar-refractivity contribution in [3.63, 3.8) is 0 Å². The van der Waals surface area contributed by atoms with Crippen LogP contribution in [-0.4, -0.2) is 17.0 Å². The number of amides is 1.